The van der Waals surface area contributed by atoms with Gasteiger partial charge in [-0.15, -0.1) is 0 Å². The van der Waals surface area contributed by atoms with Crippen molar-refractivity contribution in [1.82, 2.24) is 4.57 Å². The van der Waals surface area contributed by atoms with E-state index >= 15 is 0 Å². The van der Waals surface area contributed by atoms with Crippen LogP contribution < -0.4 is 4.90 Å². The van der Waals surface area contributed by atoms with E-state index in [4.69, 9.17) is 0 Å². The Kier molecular flexibility index (Phi) is 2.69. The number of carbonyl (C=O) groups excluding carboxylic acids is 2. The highest BCUT2D eigenvalue weighted by molar-refractivity contribution is 6.39. The third-order valence-corrected chi connectivity index (χ3v) is 4.94. The molecule has 0 atom stereocenters. The number of aromatic nitrogens is 1. The van der Waals surface area contributed by atoms with Crippen LogP contribution in [-0.4, -0.2) is 16.4 Å². The first-order chi connectivity index (χ1) is 12.2. The van der Waals surface area contributed by atoms with Gasteiger partial charge in [-0.1, -0.05) is 36.4 Å². The minimum absolute atomic E-state index is 0.256. The molecule has 2 heterocycles. The molecule has 0 unspecified atom stereocenters. The SMILES string of the molecule is Cn1c2ccccc2c2c3c(ccc21)C(=O)N(c1ccccc1)C3=O. The van der Waals surface area contributed by atoms with Crippen LogP contribution in [0, 0.1) is 0 Å². The molecule has 1 aliphatic rings. The fourth-order valence-corrected chi connectivity index (χ4v) is 3.79. The Morgan fingerprint density at radius 3 is 2.24 bits per heavy atom. The number of rotatable bonds is 1. The van der Waals surface area contributed by atoms with Crippen LogP contribution in [-0.2, 0) is 7.05 Å². The minimum atomic E-state index is -0.263. The molecule has 0 radical (unpaired) electrons. The maximum atomic E-state index is 13.2. The zero-order chi connectivity index (χ0) is 17.1. The minimum Gasteiger partial charge on any atom is -0.344 e. The summed E-state index contributed by atoms with van der Waals surface area (Å²) in [5.41, 5.74) is 3.57. The van der Waals surface area contributed by atoms with Crippen molar-refractivity contribution < 1.29 is 9.59 Å². The van der Waals surface area contributed by atoms with Crippen molar-refractivity contribution in [3.63, 3.8) is 0 Å². The third-order valence-electron chi connectivity index (χ3n) is 4.94. The fourth-order valence-electron chi connectivity index (χ4n) is 3.79. The molecular formula is C21H14N2O2. The quantitative estimate of drug-likeness (QED) is 0.494. The number of fused-ring (bicyclic) bond motifs is 5. The Labute approximate surface area is 143 Å². The average molecular weight is 326 g/mol. The van der Waals surface area contributed by atoms with Gasteiger partial charge in [-0.2, -0.15) is 0 Å². The number of hydrogen-bond acceptors (Lipinski definition) is 2. The smallest absolute Gasteiger partial charge is 0.266 e. The van der Waals surface area contributed by atoms with Crippen LogP contribution in [0.4, 0.5) is 5.69 Å². The summed E-state index contributed by atoms with van der Waals surface area (Å²) in [6.45, 7) is 0. The Morgan fingerprint density at radius 1 is 0.720 bits per heavy atom. The molecule has 0 saturated carbocycles. The van der Waals surface area contributed by atoms with Gasteiger partial charge in [0.1, 0.15) is 0 Å². The highest BCUT2D eigenvalue weighted by atomic mass is 16.2. The first kappa shape index (κ1) is 14.0. The van der Waals surface area contributed by atoms with Crippen LogP contribution in [0.5, 0.6) is 0 Å². The van der Waals surface area contributed by atoms with E-state index in [9.17, 15) is 9.59 Å². The highest BCUT2D eigenvalue weighted by Gasteiger charge is 2.38. The molecule has 2 amide bonds. The molecule has 4 heteroatoms. The predicted molar refractivity (Wildman–Crippen MR) is 98.0 cm³/mol. The summed E-state index contributed by atoms with van der Waals surface area (Å²) in [4.78, 5) is 27.3. The van der Waals surface area contributed by atoms with Gasteiger partial charge in [0.05, 0.1) is 16.8 Å². The van der Waals surface area contributed by atoms with Gasteiger partial charge in [-0.3, -0.25) is 9.59 Å². The second-order valence-electron chi connectivity index (χ2n) is 6.24. The molecular weight excluding hydrogens is 312 g/mol. The van der Waals surface area contributed by atoms with Crippen LogP contribution >= 0.6 is 0 Å². The first-order valence-electron chi connectivity index (χ1n) is 8.12. The van der Waals surface area contributed by atoms with E-state index in [0.717, 1.165) is 21.8 Å². The number of imide groups is 1. The molecule has 5 rings (SSSR count). The van der Waals surface area contributed by atoms with Crippen LogP contribution in [0.1, 0.15) is 20.7 Å². The lowest BCUT2D eigenvalue weighted by Crippen LogP contribution is -2.29. The van der Waals surface area contributed by atoms with Crippen LogP contribution in [0.25, 0.3) is 21.8 Å². The van der Waals surface area contributed by atoms with Gasteiger partial charge < -0.3 is 4.57 Å². The molecule has 0 fully saturated rings. The van der Waals surface area contributed by atoms with Gasteiger partial charge in [0, 0.05) is 28.9 Å². The van der Waals surface area contributed by atoms with Crippen LogP contribution in [0.15, 0.2) is 66.7 Å². The van der Waals surface area contributed by atoms with Crippen molar-refractivity contribution >= 4 is 39.3 Å². The lowest BCUT2D eigenvalue weighted by atomic mass is 10.0. The topological polar surface area (TPSA) is 42.3 Å². The summed E-state index contributed by atoms with van der Waals surface area (Å²) in [5, 5.41) is 1.85. The summed E-state index contributed by atoms with van der Waals surface area (Å²) in [7, 11) is 1.98. The number of nitrogens with zero attached hydrogens (tertiary/aromatic N) is 2. The molecule has 4 nitrogen and oxygen atoms in total. The number of benzene rings is 3. The molecule has 0 aliphatic carbocycles. The van der Waals surface area contributed by atoms with Crippen molar-refractivity contribution in [3.8, 4) is 0 Å². The number of carbonyl (C=O) groups is 2. The van der Waals surface area contributed by atoms with Gasteiger partial charge in [-0.05, 0) is 30.3 Å². The predicted octanol–water partition coefficient (Wildman–Crippen LogP) is 4.13. The number of amides is 2. The fraction of sp³-hybridized carbons (Fsp3) is 0.0476. The van der Waals surface area contributed by atoms with E-state index in [1.807, 2.05) is 55.6 Å². The van der Waals surface area contributed by atoms with Crippen molar-refractivity contribution in [2.75, 3.05) is 4.90 Å². The van der Waals surface area contributed by atoms with Gasteiger partial charge in [0.25, 0.3) is 11.8 Å². The summed E-state index contributed by atoms with van der Waals surface area (Å²) >= 11 is 0. The van der Waals surface area contributed by atoms with Crippen LogP contribution in [0.3, 0.4) is 0 Å². The van der Waals surface area contributed by atoms with Crippen molar-refractivity contribution in [2.45, 2.75) is 0 Å². The van der Waals surface area contributed by atoms with E-state index in [0.29, 0.717) is 16.8 Å². The van der Waals surface area contributed by atoms with E-state index < -0.39 is 0 Å². The maximum Gasteiger partial charge on any atom is 0.266 e. The molecule has 3 aromatic carbocycles. The van der Waals surface area contributed by atoms with E-state index in [2.05, 4.69) is 4.57 Å². The second kappa shape index (κ2) is 4.80. The van der Waals surface area contributed by atoms with Crippen molar-refractivity contribution in [3.05, 3.63) is 77.9 Å². The largest absolute Gasteiger partial charge is 0.344 e. The Hall–Kier alpha value is -3.40. The molecule has 0 bridgehead atoms. The van der Waals surface area contributed by atoms with Crippen LogP contribution in [0.2, 0.25) is 0 Å². The van der Waals surface area contributed by atoms with Gasteiger partial charge in [0.15, 0.2) is 0 Å². The third kappa shape index (κ3) is 1.71. The molecule has 120 valence electrons. The van der Waals surface area contributed by atoms with Gasteiger partial charge in [-0.25, -0.2) is 4.90 Å². The molecule has 1 aliphatic heterocycles. The maximum absolute atomic E-state index is 13.2. The highest BCUT2D eigenvalue weighted by Crippen LogP contribution is 2.37. The molecule has 0 saturated heterocycles. The lowest BCUT2D eigenvalue weighted by molar-refractivity contribution is 0.0926. The summed E-state index contributed by atoms with van der Waals surface area (Å²) in [6.07, 6.45) is 0. The molecule has 0 spiro atoms. The van der Waals surface area contributed by atoms with Gasteiger partial charge in [0.2, 0.25) is 0 Å². The van der Waals surface area contributed by atoms with Crippen molar-refractivity contribution in [2.24, 2.45) is 7.05 Å². The molecule has 25 heavy (non-hydrogen) atoms. The monoisotopic (exact) mass is 326 g/mol. The summed E-state index contributed by atoms with van der Waals surface area (Å²) in [5.74, 6) is -0.519. The number of aryl methyl sites for hydroxylation is 1. The summed E-state index contributed by atoms with van der Waals surface area (Å²) < 4.78 is 2.06. The van der Waals surface area contributed by atoms with E-state index in [-0.39, 0.29) is 11.8 Å². The number of para-hydroxylation sites is 2. The molecule has 0 N–H and O–H groups in total. The standard InChI is InChI=1S/C21H14N2O2/c1-22-16-10-6-5-9-14(16)18-17(22)12-11-15-19(18)21(25)23(20(15)24)13-7-3-2-4-8-13/h2-12H,1H3. The zero-order valence-electron chi connectivity index (χ0n) is 13.6. The second-order valence-corrected chi connectivity index (χ2v) is 6.24. The van der Waals surface area contributed by atoms with Gasteiger partial charge >= 0.3 is 0 Å². The van der Waals surface area contributed by atoms with Crippen molar-refractivity contribution in [1.29, 1.82) is 0 Å². The Bertz CT molecular complexity index is 1190. The normalized spacial score (nSPS) is 13.9. The Morgan fingerprint density at radius 2 is 1.44 bits per heavy atom. The molecule has 1 aromatic heterocycles. The van der Waals surface area contributed by atoms with E-state index in [1.54, 1.807) is 18.2 Å². The lowest BCUT2D eigenvalue weighted by Gasteiger charge is -2.13. The number of anilines is 1. The zero-order valence-corrected chi connectivity index (χ0v) is 13.6. The molecule has 4 aromatic rings. The van der Waals surface area contributed by atoms with E-state index in [1.165, 1.54) is 4.90 Å². The Balaban J connectivity index is 1.86. The first-order valence-corrected chi connectivity index (χ1v) is 8.12. The number of hydrogen-bond donors (Lipinski definition) is 0. The average Bonchev–Trinajstić information content (AvgIpc) is 3.08. The summed E-state index contributed by atoms with van der Waals surface area (Å²) in [6, 6.07) is 20.7.